The monoisotopic (exact) mass is 541 g/mol. The van der Waals surface area contributed by atoms with E-state index in [1.165, 1.54) is 0 Å². The van der Waals surface area contributed by atoms with E-state index in [1.807, 2.05) is 72.7 Å². The maximum atomic E-state index is 12.5. The number of benzene rings is 1. The number of nitrogens with two attached hydrogens (primary N) is 1. The van der Waals surface area contributed by atoms with Gasteiger partial charge in [-0.3, -0.25) is 9.58 Å². The second-order valence-electron chi connectivity index (χ2n) is 7.62. The second-order valence-corrected chi connectivity index (χ2v) is 8.48. The van der Waals surface area contributed by atoms with E-state index in [9.17, 15) is 9.59 Å². The van der Waals surface area contributed by atoms with Gasteiger partial charge >= 0.3 is 12.1 Å². The summed E-state index contributed by atoms with van der Waals surface area (Å²) in [5, 5.41) is 4.36. The Morgan fingerprint density at radius 2 is 1.91 bits per heavy atom. The van der Waals surface area contributed by atoms with Crippen LogP contribution in [0.25, 0.3) is 0 Å². The molecule has 0 spiro atoms. The molecule has 0 aliphatic carbocycles. The lowest BCUT2D eigenvalue weighted by atomic mass is 9.86. The average Bonchev–Trinajstić information content (AvgIpc) is 3.16. The number of esters is 1. The molecule has 2 N–H and O–H groups in total. The van der Waals surface area contributed by atoms with Crippen molar-refractivity contribution >= 4 is 33.7 Å². The largest absolute Gasteiger partial charge is 0.461 e. The van der Waals surface area contributed by atoms with Gasteiger partial charge in [0, 0.05) is 12.1 Å². The van der Waals surface area contributed by atoms with E-state index in [0.717, 1.165) is 11.3 Å². The molecule has 1 atom stereocenters. The average molecular weight is 542 g/mol. The van der Waals surface area contributed by atoms with Crippen LogP contribution in [0.2, 0.25) is 0 Å². The lowest BCUT2D eigenvalue weighted by Gasteiger charge is -2.55. The summed E-state index contributed by atoms with van der Waals surface area (Å²) in [5.74, 6) is -0.490. The van der Waals surface area contributed by atoms with Gasteiger partial charge in [-0.25, -0.2) is 14.4 Å². The van der Waals surface area contributed by atoms with Crippen molar-refractivity contribution in [1.29, 1.82) is 0 Å². The van der Waals surface area contributed by atoms with Crippen LogP contribution in [-0.2, 0) is 26.4 Å². The highest BCUT2D eigenvalue weighted by Gasteiger charge is 2.56. The van der Waals surface area contributed by atoms with E-state index < -0.39 is 23.3 Å². The van der Waals surface area contributed by atoms with Crippen LogP contribution in [0.4, 0.5) is 10.5 Å². The molecule has 9 nitrogen and oxygen atoms in total. The molecule has 10 heteroatoms. The number of hydrogen-bond acceptors (Lipinski definition) is 6. The lowest BCUT2D eigenvalue weighted by molar-refractivity contribution is -0.830. The summed E-state index contributed by atoms with van der Waals surface area (Å²) in [7, 11) is 1.58. The molecule has 1 fully saturated rings. The Labute approximate surface area is 210 Å². The van der Waals surface area contributed by atoms with Crippen molar-refractivity contribution in [3.05, 3.63) is 46.2 Å². The first-order chi connectivity index (χ1) is 16.1. The first-order valence-electron chi connectivity index (χ1n) is 11.5. The fourth-order valence-electron chi connectivity index (χ4n) is 3.83. The highest BCUT2D eigenvalue weighted by molar-refractivity contribution is 9.10. The summed E-state index contributed by atoms with van der Waals surface area (Å²) in [5.41, 5.74) is 1.91. The number of amides is 1. The second kappa shape index (κ2) is 12.9. The molecule has 0 bridgehead atoms. The highest BCUT2D eigenvalue weighted by atomic mass is 79.9. The van der Waals surface area contributed by atoms with E-state index in [2.05, 4.69) is 21.0 Å². The Kier molecular flexibility index (Phi) is 11.2. The Bertz CT molecular complexity index is 963. The summed E-state index contributed by atoms with van der Waals surface area (Å²) < 4.78 is 12.6. The zero-order chi connectivity index (χ0) is 26.1. The van der Waals surface area contributed by atoms with Crippen molar-refractivity contribution in [2.75, 3.05) is 13.7 Å². The Balaban J connectivity index is 0.00000137. The summed E-state index contributed by atoms with van der Waals surface area (Å²) in [6, 6.07) is 7.66. The molecule has 1 amide bonds. The number of ether oxygens (including phenoxy) is 2. The third-order valence-electron chi connectivity index (χ3n) is 5.04. The van der Waals surface area contributed by atoms with E-state index >= 15 is 0 Å². The van der Waals surface area contributed by atoms with Gasteiger partial charge in [0.05, 0.1) is 36.5 Å². The normalized spacial score (nSPS) is 15.5. The minimum absolute atomic E-state index is 0.210. The molecule has 0 radical (unpaired) electrons. The quantitative estimate of drug-likeness (QED) is 0.294. The van der Waals surface area contributed by atoms with Crippen LogP contribution in [0.1, 0.15) is 71.4 Å². The smallest absolute Gasteiger partial charge is 0.415 e. The van der Waals surface area contributed by atoms with Crippen LogP contribution in [0.5, 0.6) is 0 Å². The molecule has 1 unspecified atom stereocenters. The summed E-state index contributed by atoms with van der Waals surface area (Å²) in [4.78, 5) is 31.9. The van der Waals surface area contributed by atoms with Crippen LogP contribution in [-0.4, -0.2) is 46.2 Å². The first-order valence-corrected chi connectivity index (χ1v) is 12.3. The third-order valence-corrected chi connectivity index (χ3v) is 5.62. The molecule has 2 heterocycles. The van der Waals surface area contributed by atoms with Crippen LogP contribution in [0, 0.1) is 0 Å². The molecule has 2 aromatic rings. The van der Waals surface area contributed by atoms with Crippen molar-refractivity contribution in [2.45, 2.75) is 73.2 Å². The van der Waals surface area contributed by atoms with Gasteiger partial charge in [0.1, 0.15) is 0 Å². The van der Waals surface area contributed by atoms with Crippen LogP contribution in [0.3, 0.4) is 0 Å². The topological polar surface area (TPSA) is 99.5 Å². The van der Waals surface area contributed by atoms with Gasteiger partial charge in [0.25, 0.3) is 0 Å². The van der Waals surface area contributed by atoms with Gasteiger partial charge in [-0.1, -0.05) is 39.8 Å². The maximum absolute atomic E-state index is 12.5. The summed E-state index contributed by atoms with van der Waals surface area (Å²) >= 11 is 3.38. The fraction of sp³-hybridized carbons (Fsp3) is 0.542. The van der Waals surface area contributed by atoms with Crippen molar-refractivity contribution in [3.8, 4) is 0 Å². The van der Waals surface area contributed by atoms with Crippen molar-refractivity contribution in [1.82, 2.24) is 14.7 Å². The molecule has 1 aromatic carbocycles. The zero-order valence-electron chi connectivity index (χ0n) is 21.6. The Morgan fingerprint density at radius 1 is 1.26 bits per heavy atom. The van der Waals surface area contributed by atoms with Crippen molar-refractivity contribution < 1.29 is 29.4 Å². The van der Waals surface area contributed by atoms with Crippen LogP contribution in [0.15, 0.2) is 34.9 Å². The Hall–Kier alpha value is -2.43. The van der Waals surface area contributed by atoms with E-state index in [4.69, 9.17) is 14.3 Å². The molecule has 0 saturated carbocycles. The molecular weight excluding hydrogens is 504 g/mol. The number of hydrogen-bond donors (Lipinski definition) is 1. The number of carbonyl (C=O) groups is 2. The number of quaternary nitrogens is 1. The summed E-state index contributed by atoms with van der Waals surface area (Å²) in [6.45, 7) is 15.8. The van der Waals surface area contributed by atoms with E-state index in [0.29, 0.717) is 4.47 Å². The zero-order valence-corrected chi connectivity index (χ0v) is 23.2. The number of aromatic nitrogens is 2. The molecule has 1 saturated heterocycles. The van der Waals surface area contributed by atoms with Gasteiger partial charge in [0.15, 0.2) is 17.1 Å². The minimum Gasteiger partial charge on any atom is -0.461 e. The lowest BCUT2D eigenvalue weighted by Crippen LogP contribution is -2.76. The maximum Gasteiger partial charge on any atom is 0.415 e. The van der Waals surface area contributed by atoms with Gasteiger partial charge in [-0.05, 0) is 49.2 Å². The molecular formula is C24H38BrN4O5+. The number of halogens is 1. The number of rotatable bonds is 8. The van der Waals surface area contributed by atoms with Crippen molar-refractivity contribution in [3.63, 3.8) is 0 Å². The SMILES string of the molecule is CC.CC.CCOC(=O)c1c(Br)cnn1CC(C)(c1cccc([NH2+]OC)c1)N1C(=O)OC1(C)C. The van der Waals surface area contributed by atoms with E-state index in [1.54, 1.807) is 35.3 Å². The van der Waals surface area contributed by atoms with Gasteiger partial charge in [0.2, 0.25) is 0 Å². The van der Waals surface area contributed by atoms with E-state index in [-0.39, 0.29) is 18.8 Å². The standard InChI is InChI=1S/C20H25BrN4O5.2C2H6/c1-6-29-17(26)16-15(21)11-22-24(16)12-20(4,25-18(27)30-19(25,2)3)13-8-7-9-14(10-13)23-28-5;2*1-2/h7-11,23H,6,12H2,1-5H3;2*1-2H3/p+1. The van der Waals surface area contributed by atoms with Crippen LogP contribution < -0.4 is 5.48 Å². The first kappa shape index (κ1) is 29.6. The molecule has 1 aromatic heterocycles. The van der Waals surface area contributed by atoms with Crippen molar-refractivity contribution in [2.24, 2.45) is 0 Å². The highest BCUT2D eigenvalue weighted by Crippen LogP contribution is 2.43. The fourth-order valence-corrected chi connectivity index (χ4v) is 4.29. The number of cyclic esters (lactones) is 1. The number of carbonyl (C=O) groups excluding carboxylic acids is 2. The van der Waals surface area contributed by atoms with Gasteiger partial charge in [-0.15, -0.1) is 0 Å². The Morgan fingerprint density at radius 3 is 2.44 bits per heavy atom. The molecule has 1 aliphatic rings. The van der Waals surface area contributed by atoms with Crippen LogP contribution >= 0.6 is 15.9 Å². The number of nitrogens with zero attached hydrogens (tertiary/aromatic N) is 3. The predicted octanol–water partition coefficient (Wildman–Crippen LogP) is 4.73. The summed E-state index contributed by atoms with van der Waals surface area (Å²) in [6.07, 6.45) is 1.11. The third kappa shape index (κ3) is 6.17. The molecule has 34 heavy (non-hydrogen) atoms. The predicted molar refractivity (Wildman–Crippen MR) is 133 cm³/mol. The molecule has 3 rings (SSSR count). The van der Waals surface area contributed by atoms with Gasteiger partial charge in [-0.2, -0.15) is 10.6 Å². The molecule has 190 valence electrons. The minimum atomic E-state index is -0.872. The molecule has 1 aliphatic heterocycles. The van der Waals surface area contributed by atoms with Gasteiger partial charge < -0.3 is 9.47 Å².